The average molecular weight is 316 g/mol. The molecule has 1 atom stereocenters. The third kappa shape index (κ3) is 4.39. The van der Waals surface area contributed by atoms with E-state index in [2.05, 4.69) is 26.8 Å². The van der Waals surface area contributed by atoms with Crippen LogP contribution < -0.4 is 0 Å². The molecule has 1 unspecified atom stereocenters. The molecular formula is C15H23F3N4. The Balaban J connectivity index is 1.98. The molecule has 124 valence electrons. The van der Waals surface area contributed by atoms with Crippen molar-refractivity contribution >= 4 is 0 Å². The number of likely N-dealkylation sites (tertiary alicyclic amines) is 1. The molecule has 1 aromatic rings. The molecule has 0 spiro atoms. The zero-order valence-corrected chi connectivity index (χ0v) is 13.3. The Bertz CT molecular complexity index is 504. The van der Waals surface area contributed by atoms with Crippen LogP contribution in [0.25, 0.3) is 0 Å². The van der Waals surface area contributed by atoms with E-state index in [9.17, 15) is 13.2 Å². The number of hydrogen-bond acceptors (Lipinski definition) is 4. The lowest BCUT2D eigenvalue weighted by Gasteiger charge is -2.35. The summed E-state index contributed by atoms with van der Waals surface area (Å²) < 4.78 is 37.7. The van der Waals surface area contributed by atoms with Crippen LogP contribution in [0.15, 0.2) is 6.20 Å². The van der Waals surface area contributed by atoms with Gasteiger partial charge in [-0.2, -0.15) is 13.2 Å². The molecule has 7 heteroatoms. The summed E-state index contributed by atoms with van der Waals surface area (Å²) in [5, 5.41) is 0. The van der Waals surface area contributed by atoms with Crippen LogP contribution in [0.2, 0.25) is 0 Å². The van der Waals surface area contributed by atoms with Gasteiger partial charge >= 0.3 is 6.18 Å². The van der Waals surface area contributed by atoms with Gasteiger partial charge < -0.3 is 9.80 Å². The van der Waals surface area contributed by atoms with Gasteiger partial charge in [0.15, 0.2) is 0 Å². The molecule has 0 N–H and O–H groups in total. The van der Waals surface area contributed by atoms with Crippen molar-refractivity contribution in [3.05, 3.63) is 23.3 Å². The summed E-state index contributed by atoms with van der Waals surface area (Å²) in [6, 6.07) is 0.509. The Morgan fingerprint density at radius 3 is 2.68 bits per heavy atom. The molecule has 22 heavy (non-hydrogen) atoms. The van der Waals surface area contributed by atoms with E-state index in [-0.39, 0.29) is 0 Å². The van der Waals surface area contributed by atoms with E-state index in [1.54, 1.807) is 6.92 Å². The molecule has 1 aliphatic rings. The van der Waals surface area contributed by atoms with Crippen LogP contribution in [0.4, 0.5) is 13.2 Å². The topological polar surface area (TPSA) is 32.3 Å². The number of alkyl halides is 3. The molecular weight excluding hydrogens is 293 g/mol. The fraction of sp³-hybridized carbons (Fsp3) is 0.733. The molecule has 0 aromatic carbocycles. The lowest BCUT2D eigenvalue weighted by molar-refractivity contribution is -0.145. The number of aryl methyl sites for hydroxylation is 1. The second-order valence-corrected chi connectivity index (χ2v) is 6.13. The zero-order valence-electron chi connectivity index (χ0n) is 13.3. The highest BCUT2D eigenvalue weighted by molar-refractivity contribution is 5.16. The van der Waals surface area contributed by atoms with Crippen molar-refractivity contribution in [2.45, 2.75) is 44.9 Å². The van der Waals surface area contributed by atoms with E-state index in [4.69, 9.17) is 0 Å². The van der Waals surface area contributed by atoms with Crippen molar-refractivity contribution in [2.75, 3.05) is 27.2 Å². The van der Waals surface area contributed by atoms with Crippen LogP contribution in [-0.4, -0.2) is 53.0 Å². The van der Waals surface area contributed by atoms with Gasteiger partial charge in [0.05, 0.1) is 0 Å². The molecule has 2 heterocycles. The van der Waals surface area contributed by atoms with Gasteiger partial charge in [0, 0.05) is 36.6 Å². The first-order valence-corrected chi connectivity index (χ1v) is 7.56. The molecule has 0 saturated carbocycles. The molecule has 0 bridgehead atoms. The second kappa shape index (κ2) is 6.91. The smallest absolute Gasteiger partial charge is 0.302 e. The normalized spacial score (nSPS) is 20.6. The van der Waals surface area contributed by atoms with Gasteiger partial charge in [0.2, 0.25) is 5.82 Å². The molecule has 1 saturated heterocycles. The second-order valence-electron chi connectivity index (χ2n) is 6.13. The number of halogens is 3. The van der Waals surface area contributed by atoms with Crippen molar-refractivity contribution in [3.8, 4) is 0 Å². The van der Waals surface area contributed by atoms with Gasteiger partial charge in [-0.1, -0.05) is 6.42 Å². The lowest BCUT2D eigenvalue weighted by atomic mass is 10.0. The summed E-state index contributed by atoms with van der Waals surface area (Å²) in [5.74, 6) is -1.07. The lowest BCUT2D eigenvalue weighted by Crippen LogP contribution is -2.43. The van der Waals surface area contributed by atoms with E-state index in [0.717, 1.165) is 18.7 Å². The Kier molecular flexibility index (Phi) is 5.39. The standard InChI is InChI=1S/C15H23F3N4/c1-11-12(8-19-14(20-11)15(16,17)18)9-21(2)10-13-6-4-5-7-22(13)3/h8,13H,4-7,9-10H2,1-3H3. The minimum absolute atomic E-state index is 0.395. The third-order valence-electron chi connectivity index (χ3n) is 4.22. The monoisotopic (exact) mass is 316 g/mol. The van der Waals surface area contributed by atoms with Gasteiger partial charge in [-0.15, -0.1) is 0 Å². The molecule has 0 amide bonds. The first kappa shape index (κ1) is 17.1. The predicted molar refractivity (Wildman–Crippen MR) is 78.4 cm³/mol. The van der Waals surface area contributed by atoms with Gasteiger partial charge in [-0.05, 0) is 40.4 Å². The van der Waals surface area contributed by atoms with Crippen molar-refractivity contribution < 1.29 is 13.2 Å². The summed E-state index contributed by atoms with van der Waals surface area (Å²) in [7, 11) is 4.11. The van der Waals surface area contributed by atoms with Crippen LogP contribution in [0, 0.1) is 6.92 Å². The summed E-state index contributed by atoms with van der Waals surface area (Å²) >= 11 is 0. The summed E-state index contributed by atoms with van der Waals surface area (Å²) in [6.45, 7) is 4.18. The maximum Gasteiger partial charge on any atom is 0.451 e. The zero-order chi connectivity index (χ0) is 16.3. The molecule has 1 fully saturated rings. The summed E-state index contributed by atoms with van der Waals surface area (Å²) in [6.07, 6.45) is 0.462. The van der Waals surface area contributed by atoms with Gasteiger partial charge in [0.25, 0.3) is 0 Å². The number of hydrogen-bond donors (Lipinski definition) is 0. The maximum absolute atomic E-state index is 12.6. The first-order valence-electron chi connectivity index (χ1n) is 7.56. The first-order chi connectivity index (χ1) is 10.3. The number of rotatable bonds is 4. The molecule has 0 radical (unpaired) electrons. The van der Waals surface area contributed by atoms with Crippen molar-refractivity contribution in [3.63, 3.8) is 0 Å². The Labute approximate surface area is 129 Å². The van der Waals surface area contributed by atoms with E-state index in [0.29, 0.717) is 18.3 Å². The van der Waals surface area contributed by atoms with Crippen LogP contribution >= 0.6 is 0 Å². The number of aromatic nitrogens is 2. The Morgan fingerprint density at radius 2 is 2.09 bits per heavy atom. The average Bonchev–Trinajstić information content (AvgIpc) is 2.42. The van der Waals surface area contributed by atoms with Crippen molar-refractivity contribution in [2.24, 2.45) is 0 Å². The van der Waals surface area contributed by atoms with E-state index >= 15 is 0 Å². The summed E-state index contributed by atoms with van der Waals surface area (Å²) in [4.78, 5) is 11.5. The number of piperidine rings is 1. The quantitative estimate of drug-likeness (QED) is 0.855. The van der Waals surface area contributed by atoms with Crippen LogP contribution in [0.1, 0.15) is 36.3 Å². The summed E-state index contributed by atoms with van der Waals surface area (Å²) in [5.41, 5.74) is 1.14. The fourth-order valence-electron chi connectivity index (χ4n) is 2.87. The molecule has 4 nitrogen and oxygen atoms in total. The van der Waals surface area contributed by atoms with Gasteiger partial charge in [-0.25, -0.2) is 9.97 Å². The molecule has 1 aliphatic heterocycles. The minimum Gasteiger partial charge on any atom is -0.302 e. The predicted octanol–water partition coefficient (Wildman–Crippen LogP) is 2.72. The van der Waals surface area contributed by atoms with Gasteiger partial charge in [0.1, 0.15) is 0 Å². The van der Waals surface area contributed by atoms with Crippen molar-refractivity contribution in [1.29, 1.82) is 0 Å². The highest BCUT2D eigenvalue weighted by Crippen LogP contribution is 2.26. The maximum atomic E-state index is 12.6. The van der Waals surface area contributed by atoms with E-state index < -0.39 is 12.0 Å². The fourth-order valence-corrected chi connectivity index (χ4v) is 2.87. The SMILES string of the molecule is Cc1nc(C(F)(F)F)ncc1CN(C)CC1CCCCN1C. The Hall–Kier alpha value is -1.21. The van der Waals surface area contributed by atoms with E-state index in [1.165, 1.54) is 25.5 Å². The molecule has 0 aliphatic carbocycles. The number of nitrogens with zero attached hydrogens (tertiary/aromatic N) is 4. The van der Waals surface area contributed by atoms with Crippen LogP contribution in [0.3, 0.4) is 0 Å². The number of likely N-dealkylation sites (N-methyl/N-ethyl adjacent to an activating group) is 2. The van der Waals surface area contributed by atoms with Crippen LogP contribution in [-0.2, 0) is 12.7 Å². The molecule has 1 aromatic heterocycles. The largest absolute Gasteiger partial charge is 0.451 e. The van der Waals surface area contributed by atoms with Crippen LogP contribution in [0.5, 0.6) is 0 Å². The minimum atomic E-state index is -4.49. The Morgan fingerprint density at radius 1 is 1.36 bits per heavy atom. The van der Waals surface area contributed by atoms with Crippen molar-refractivity contribution in [1.82, 2.24) is 19.8 Å². The van der Waals surface area contributed by atoms with Gasteiger partial charge in [-0.3, -0.25) is 0 Å². The highest BCUT2D eigenvalue weighted by Gasteiger charge is 2.34. The third-order valence-corrected chi connectivity index (χ3v) is 4.22. The molecule has 2 rings (SSSR count). The highest BCUT2D eigenvalue weighted by atomic mass is 19.4. The van der Waals surface area contributed by atoms with E-state index in [1.807, 2.05) is 7.05 Å².